The Morgan fingerprint density at radius 1 is 1.17 bits per heavy atom. The van der Waals surface area contributed by atoms with Gasteiger partial charge in [-0.25, -0.2) is 0 Å². The van der Waals surface area contributed by atoms with E-state index < -0.39 is 0 Å². The van der Waals surface area contributed by atoms with Crippen molar-refractivity contribution in [3.63, 3.8) is 0 Å². The average Bonchev–Trinajstić information content (AvgIpc) is 2.60. The molecule has 6 heteroatoms. The van der Waals surface area contributed by atoms with E-state index in [0.717, 1.165) is 22.9 Å². The Labute approximate surface area is 140 Å². The first-order valence-corrected chi connectivity index (χ1v) is 7.73. The number of para-hydroxylation sites is 2. The van der Waals surface area contributed by atoms with Gasteiger partial charge >= 0.3 is 0 Å². The van der Waals surface area contributed by atoms with Gasteiger partial charge < -0.3 is 24.8 Å². The lowest BCUT2D eigenvalue weighted by molar-refractivity contribution is 0.0939. The van der Waals surface area contributed by atoms with E-state index >= 15 is 0 Å². The van der Waals surface area contributed by atoms with Crippen LogP contribution < -0.4 is 24.8 Å². The number of ether oxygens (including phenoxy) is 3. The number of anilines is 1. The molecular weight excluding hydrogens is 312 g/mol. The molecule has 0 saturated carbocycles. The first-order chi connectivity index (χ1) is 11.2. The summed E-state index contributed by atoms with van der Waals surface area (Å²) in [5.41, 5.74) is 0.898. The summed E-state index contributed by atoms with van der Waals surface area (Å²) in [4.78, 5) is 0. The van der Waals surface area contributed by atoms with Crippen molar-refractivity contribution in [2.45, 2.75) is 6.10 Å². The Morgan fingerprint density at radius 2 is 1.91 bits per heavy atom. The molecule has 3 rings (SSSR count). The third-order valence-corrected chi connectivity index (χ3v) is 3.65. The quantitative estimate of drug-likeness (QED) is 0.841. The fraction of sp³-hybridized carbons (Fsp3) is 0.235. The van der Waals surface area contributed by atoms with E-state index in [1.807, 2.05) is 48.5 Å². The van der Waals surface area contributed by atoms with Crippen LogP contribution in [0.2, 0.25) is 0 Å². The molecule has 2 aromatic rings. The van der Waals surface area contributed by atoms with E-state index in [-0.39, 0.29) is 6.10 Å². The molecule has 1 aliphatic heterocycles. The third kappa shape index (κ3) is 4.04. The van der Waals surface area contributed by atoms with Crippen LogP contribution in [0.25, 0.3) is 0 Å². The van der Waals surface area contributed by atoms with Crippen LogP contribution in [0.15, 0.2) is 48.5 Å². The average molecular weight is 330 g/mol. The maximum atomic E-state index is 5.87. The SMILES string of the molecule is COc1ccc(NC(=S)NCC2COc3ccccc3O2)cc1. The highest BCUT2D eigenvalue weighted by atomic mass is 32.1. The van der Waals surface area contributed by atoms with Crippen LogP contribution in [-0.4, -0.2) is 31.5 Å². The van der Waals surface area contributed by atoms with E-state index in [2.05, 4.69) is 10.6 Å². The van der Waals surface area contributed by atoms with Crippen molar-refractivity contribution >= 4 is 23.0 Å². The minimum atomic E-state index is -0.0829. The van der Waals surface area contributed by atoms with Crippen LogP contribution in [0.5, 0.6) is 17.2 Å². The van der Waals surface area contributed by atoms with Crippen molar-refractivity contribution in [3.05, 3.63) is 48.5 Å². The molecule has 23 heavy (non-hydrogen) atoms. The standard InChI is InChI=1S/C17H18N2O3S/c1-20-13-8-6-12(7-9-13)19-17(23)18-10-14-11-21-15-4-2-3-5-16(15)22-14/h2-9,14H,10-11H2,1H3,(H2,18,19,23). The zero-order valence-electron chi connectivity index (χ0n) is 12.7. The van der Waals surface area contributed by atoms with Crippen LogP contribution in [-0.2, 0) is 0 Å². The number of nitrogens with one attached hydrogen (secondary N) is 2. The minimum absolute atomic E-state index is 0.0829. The number of hydrogen-bond donors (Lipinski definition) is 2. The topological polar surface area (TPSA) is 51.8 Å². The molecule has 120 valence electrons. The normalized spacial score (nSPS) is 15.6. The van der Waals surface area contributed by atoms with Gasteiger partial charge in [-0.05, 0) is 48.6 Å². The van der Waals surface area contributed by atoms with E-state index in [9.17, 15) is 0 Å². The van der Waals surface area contributed by atoms with Crippen molar-refractivity contribution in [1.29, 1.82) is 0 Å². The zero-order valence-corrected chi connectivity index (χ0v) is 13.6. The summed E-state index contributed by atoms with van der Waals surface area (Å²) in [6.07, 6.45) is -0.0829. The summed E-state index contributed by atoms with van der Waals surface area (Å²) in [7, 11) is 1.64. The summed E-state index contributed by atoms with van der Waals surface area (Å²) in [6, 6.07) is 15.2. The number of hydrogen-bond acceptors (Lipinski definition) is 4. The lowest BCUT2D eigenvalue weighted by Crippen LogP contribution is -2.42. The van der Waals surface area contributed by atoms with Gasteiger partial charge in [-0.15, -0.1) is 0 Å². The Kier molecular flexibility index (Phi) is 4.83. The van der Waals surface area contributed by atoms with Gasteiger partial charge in [0, 0.05) is 5.69 Å². The fourth-order valence-corrected chi connectivity index (χ4v) is 2.42. The van der Waals surface area contributed by atoms with Gasteiger partial charge in [0.25, 0.3) is 0 Å². The second kappa shape index (κ2) is 7.19. The van der Waals surface area contributed by atoms with E-state index in [1.54, 1.807) is 7.11 Å². The Bertz CT molecular complexity index is 676. The second-order valence-electron chi connectivity index (χ2n) is 5.06. The Balaban J connectivity index is 1.47. The number of rotatable bonds is 4. The second-order valence-corrected chi connectivity index (χ2v) is 5.47. The molecule has 0 aromatic heterocycles. The lowest BCUT2D eigenvalue weighted by Gasteiger charge is -2.27. The summed E-state index contributed by atoms with van der Waals surface area (Å²) in [5.74, 6) is 2.35. The van der Waals surface area contributed by atoms with Gasteiger partial charge in [-0.3, -0.25) is 0 Å². The predicted octanol–water partition coefficient (Wildman–Crippen LogP) is 2.82. The number of thiocarbonyl (C=S) groups is 1. The molecular formula is C17H18N2O3S. The smallest absolute Gasteiger partial charge is 0.170 e. The summed E-state index contributed by atoms with van der Waals surface area (Å²) in [5, 5.41) is 6.80. The predicted molar refractivity (Wildman–Crippen MR) is 93.6 cm³/mol. The highest BCUT2D eigenvalue weighted by Crippen LogP contribution is 2.30. The zero-order chi connectivity index (χ0) is 16.1. The summed E-state index contributed by atoms with van der Waals surface area (Å²) in [6.45, 7) is 1.06. The largest absolute Gasteiger partial charge is 0.497 e. The van der Waals surface area contributed by atoms with Gasteiger partial charge in [0.15, 0.2) is 16.6 Å². The molecule has 0 aliphatic carbocycles. The van der Waals surface area contributed by atoms with Crippen molar-refractivity contribution < 1.29 is 14.2 Å². The Morgan fingerprint density at radius 3 is 2.65 bits per heavy atom. The van der Waals surface area contributed by atoms with Crippen LogP contribution in [0, 0.1) is 0 Å². The molecule has 1 atom stereocenters. The van der Waals surface area contributed by atoms with Crippen LogP contribution >= 0.6 is 12.2 Å². The van der Waals surface area contributed by atoms with Gasteiger partial charge in [0.1, 0.15) is 18.5 Å². The molecule has 0 spiro atoms. The summed E-state index contributed by atoms with van der Waals surface area (Å²) < 4.78 is 16.7. The highest BCUT2D eigenvalue weighted by molar-refractivity contribution is 7.80. The molecule has 0 saturated heterocycles. The van der Waals surface area contributed by atoms with E-state index in [1.165, 1.54) is 0 Å². The fourth-order valence-electron chi connectivity index (χ4n) is 2.22. The molecule has 1 unspecified atom stereocenters. The van der Waals surface area contributed by atoms with Crippen molar-refractivity contribution in [1.82, 2.24) is 5.32 Å². The molecule has 5 nitrogen and oxygen atoms in total. The van der Waals surface area contributed by atoms with E-state index in [4.69, 9.17) is 26.4 Å². The first kappa shape index (κ1) is 15.4. The maximum Gasteiger partial charge on any atom is 0.170 e. The first-order valence-electron chi connectivity index (χ1n) is 7.32. The van der Waals surface area contributed by atoms with Crippen molar-refractivity contribution in [2.75, 3.05) is 25.6 Å². The molecule has 0 fully saturated rings. The number of fused-ring (bicyclic) bond motifs is 1. The monoisotopic (exact) mass is 330 g/mol. The van der Waals surface area contributed by atoms with Crippen LogP contribution in [0.1, 0.15) is 0 Å². The molecule has 2 N–H and O–H groups in total. The molecule has 2 aromatic carbocycles. The van der Waals surface area contributed by atoms with Crippen molar-refractivity contribution in [2.24, 2.45) is 0 Å². The molecule has 0 bridgehead atoms. The van der Waals surface area contributed by atoms with Crippen LogP contribution in [0.3, 0.4) is 0 Å². The lowest BCUT2D eigenvalue weighted by atomic mass is 10.2. The number of benzene rings is 2. The summed E-state index contributed by atoms with van der Waals surface area (Å²) >= 11 is 5.29. The van der Waals surface area contributed by atoms with Gasteiger partial charge in [-0.2, -0.15) is 0 Å². The van der Waals surface area contributed by atoms with Gasteiger partial charge in [0.2, 0.25) is 0 Å². The number of methoxy groups -OCH3 is 1. The minimum Gasteiger partial charge on any atom is -0.497 e. The third-order valence-electron chi connectivity index (χ3n) is 3.41. The van der Waals surface area contributed by atoms with Gasteiger partial charge in [0.05, 0.1) is 13.7 Å². The molecule has 0 radical (unpaired) electrons. The molecule has 1 heterocycles. The molecule has 1 aliphatic rings. The van der Waals surface area contributed by atoms with Crippen LogP contribution in [0.4, 0.5) is 5.69 Å². The van der Waals surface area contributed by atoms with Gasteiger partial charge in [-0.1, -0.05) is 12.1 Å². The van der Waals surface area contributed by atoms with E-state index in [0.29, 0.717) is 18.3 Å². The van der Waals surface area contributed by atoms with Crippen molar-refractivity contribution in [3.8, 4) is 17.2 Å². The Hall–Kier alpha value is -2.47. The maximum absolute atomic E-state index is 5.87. The highest BCUT2D eigenvalue weighted by Gasteiger charge is 2.20. The molecule has 0 amide bonds.